The van der Waals surface area contributed by atoms with Gasteiger partial charge in [-0.25, -0.2) is 9.97 Å². The Hall–Kier alpha value is -1.58. The van der Waals surface area contributed by atoms with Crippen LogP contribution >= 0.6 is 0 Å². The molecule has 2 rings (SSSR count). The molecule has 4 heteroatoms. The molecule has 1 N–H and O–H groups in total. The molecule has 0 aliphatic rings. The Balaban J connectivity index is 0.000000686. The minimum absolute atomic E-state index is 0.407. The van der Waals surface area contributed by atoms with Crippen molar-refractivity contribution in [3.8, 4) is 11.5 Å². The van der Waals surface area contributed by atoms with Crippen molar-refractivity contribution in [1.29, 1.82) is 0 Å². The van der Waals surface area contributed by atoms with Gasteiger partial charge in [-0.1, -0.05) is 13.8 Å². The van der Waals surface area contributed by atoms with Crippen LogP contribution in [0, 0.1) is 13.8 Å². The van der Waals surface area contributed by atoms with Crippen LogP contribution in [0.2, 0.25) is 0 Å². The van der Waals surface area contributed by atoms with E-state index < -0.39 is 0 Å². The number of aromatic nitrogens is 4. The first-order chi connectivity index (χ1) is 8.08. The van der Waals surface area contributed by atoms with Gasteiger partial charge in [-0.2, -0.15) is 0 Å². The lowest BCUT2D eigenvalue weighted by Crippen LogP contribution is -2.01. The Labute approximate surface area is 103 Å². The summed E-state index contributed by atoms with van der Waals surface area (Å²) in [6.07, 6.45) is 3.89. The molecule has 0 unspecified atom stereocenters. The summed E-state index contributed by atoms with van der Waals surface area (Å²) in [6, 6.07) is 0.407. The molecule has 0 fully saturated rings. The summed E-state index contributed by atoms with van der Waals surface area (Å²) in [7, 11) is 0. The molecule has 0 radical (unpaired) electrons. The molecule has 2 aromatic heterocycles. The van der Waals surface area contributed by atoms with Crippen molar-refractivity contribution in [3.63, 3.8) is 0 Å². The van der Waals surface area contributed by atoms with Crippen LogP contribution in [0.25, 0.3) is 11.5 Å². The van der Waals surface area contributed by atoms with Gasteiger partial charge in [0.15, 0.2) is 5.82 Å². The minimum atomic E-state index is 0.407. The minimum Gasteiger partial charge on any atom is -0.340 e. The van der Waals surface area contributed by atoms with Crippen molar-refractivity contribution < 1.29 is 0 Å². The Morgan fingerprint density at radius 2 is 1.88 bits per heavy atom. The number of imidazole rings is 2. The van der Waals surface area contributed by atoms with E-state index >= 15 is 0 Å². The molecule has 2 aromatic rings. The number of rotatable bonds is 2. The quantitative estimate of drug-likeness (QED) is 0.864. The second-order valence-electron chi connectivity index (χ2n) is 4.09. The molecule has 0 saturated carbocycles. The van der Waals surface area contributed by atoms with Gasteiger partial charge >= 0.3 is 0 Å². The van der Waals surface area contributed by atoms with Crippen molar-refractivity contribution >= 4 is 0 Å². The van der Waals surface area contributed by atoms with Gasteiger partial charge in [0.2, 0.25) is 0 Å². The van der Waals surface area contributed by atoms with Crippen LogP contribution in [0.5, 0.6) is 0 Å². The summed E-state index contributed by atoms with van der Waals surface area (Å²) in [5.41, 5.74) is 2.01. The molecule has 0 spiro atoms. The summed E-state index contributed by atoms with van der Waals surface area (Å²) >= 11 is 0. The van der Waals surface area contributed by atoms with Crippen LogP contribution < -0.4 is 0 Å². The van der Waals surface area contributed by atoms with E-state index in [9.17, 15) is 0 Å². The van der Waals surface area contributed by atoms with Gasteiger partial charge in [0.25, 0.3) is 0 Å². The highest BCUT2D eigenvalue weighted by Crippen LogP contribution is 2.20. The maximum absolute atomic E-state index is 4.51. The molecule has 4 nitrogen and oxygen atoms in total. The lowest BCUT2D eigenvalue weighted by molar-refractivity contribution is 0.605. The van der Waals surface area contributed by atoms with E-state index in [0.717, 1.165) is 23.0 Å². The van der Waals surface area contributed by atoms with E-state index in [1.165, 1.54) is 0 Å². The molecule has 2 heterocycles. The molecule has 17 heavy (non-hydrogen) atoms. The molecule has 0 aromatic carbocycles. The van der Waals surface area contributed by atoms with E-state index in [-0.39, 0.29) is 0 Å². The summed E-state index contributed by atoms with van der Waals surface area (Å²) in [5, 5.41) is 0. The molecule has 0 amide bonds. The fraction of sp³-hybridized carbons (Fsp3) is 0.538. The number of nitrogens with one attached hydrogen (secondary N) is 1. The third-order valence-electron chi connectivity index (χ3n) is 2.35. The van der Waals surface area contributed by atoms with Crippen molar-refractivity contribution in [1.82, 2.24) is 19.5 Å². The largest absolute Gasteiger partial charge is 0.340 e. The molecule has 0 atom stereocenters. The molecule has 0 saturated heterocycles. The predicted octanol–water partition coefficient (Wildman–Crippen LogP) is 3.50. The lowest BCUT2D eigenvalue weighted by atomic mass is 10.3. The monoisotopic (exact) mass is 234 g/mol. The first-order valence-electron chi connectivity index (χ1n) is 6.15. The van der Waals surface area contributed by atoms with E-state index in [1.807, 2.05) is 33.9 Å². The smallest absolute Gasteiger partial charge is 0.158 e. The molecule has 0 aliphatic heterocycles. The van der Waals surface area contributed by atoms with Crippen LogP contribution in [0.4, 0.5) is 0 Å². The van der Waals surface area contributed by atoms with Crippen molar-refractivity contribution in [2.24, 2.45) is 0 Å². The zero-order valence-corrected chi connectivity index (χ0v) is 11.6. The first-order valence-corrected chi connectivity index (χ1v) is 6.15. The summed E-state index contributed by atoms with van der Waals surface area (Å²) in [6.45, 7) is 12.2. The third kappa shape index (κ3) is 2.96. The Kier molecular flexibility index (Phi) is 4.49. The van der Waals surface area contributed by atoms with Crippen molar-refractivity contribution in [3.05, 3.63) is 23.9 Å². The lowest BCUT2D eigenvalue weighted by Gasteiger charge is -2.09. The second-order valence-corrected chi connectivity index (χ2v) is 4.09. The molecule has 94 valence electrons. The van der Waals surface area contributed by atoms with Gasteiger partial charge in [0.1, 0.15) is 11.5 Å². The molecule has 0 bridgehead atoms. The zero-order chi connectivity index (χ0) is 13.0. The highest BCUT2D eigenvalue weighted by Gasteiger charge is 2.12. The summed E-state index contributed by atoms with van der Waals surface area (Å²) in [5.74, 6) is 1.88. The van der Waals surface area contributed by atoms with E-state index in [4.69, 9.17) is 0 Å². The second kappa shape index (κ2) is 5.66. The van der Waals surface area contributed by atoms with Gasteiger partial charge in [-0.3, -0.25) is 0 Å². The Bertz CT molecular complexity index is 465. The van der Waals surface area contributed by atoms with Crippen LogP contribution in [0.3, 0.4) is 0 Å². The maximum atomic E-state index is 4.51. The highest BCUT2D eigenvalue weighted by atomic mass is 15.1. The van der Waals surface area contributed by atoms with Crippen LogP contribution in [-0.4, -0.2) is 19.5 Å². The number of H-pyrrole nitrogens is 1. The first kappa shape index (κ1) is 13.5. The summed E-state index contributed by atoms with van der Waals surface area (Å²) in [4.78, 5) is 11.9. The van der Waals surface area contributed by atoms with Gasteiger partial charge in [-0.15, -0.1) is 0 Å². The molecular formula is C13H22N4. The average Bonchev–Trinajstić information content (AvgIpc) is 2.87. The van der Waals surface area contributed by atoms with Crippen molar-refractivity contribution in [2.45, 2.75) is 47.6 Å². The SMILES string of the molecule is CC.Cc1cn(C(C)C)c(-c2cnc(C)[nH]2)n1. The third-order valence-corrected chi connectivity index (χ3v) is 2.35. The fourth-order valence-corrected chi connectivity index (χ4v) is 1.64. The fourth-order valence-electron chi connectivity index (χ4n) is 1.64. The molecular weight excluding hydrogens is 212 g/mol. The Morgan fingerprint density at radius 1 is 1.24 bits per heavy atom. The average molecular weight is 234 g/mol. The van der Waals surface area contributed by atoms with Crippen molar-refractivity contribution in [2.75, 3.05) is 0 Å². The van der Waals surface area contributed by atoms with Gasteiger partial charge < -0.3 is 9.55 Å². The Morgan fingerprint density at radius 3 is 2.35 bits per heavy atom. The predicted molar refractivity (Wildman–Crippen MR) is 71.0 cm³/mol. The standard InChI is InChI=1S/C11H16N4.C2H6/c1-7(2)15-6-8(3)13-11(15)10-5-12-9(4)14-10;1-2/h5-7H,1-4H3,(H,12,14);1-2H3. The number of hydrogen-bond donors (Lipinski definition) is 1. The van der Waals surface area contributed by atoms with Crippen LogP contribution in [0.15, 0.2) is 12.4 Å². The van der Waals surface area contributed by atoms with Gasteiger partial charge in [0.05, 0.1) is 11.9 Å². The zero-order valence-electron chi connectivity index (χ0n) is 11.6. The maximum Gasteiger partial charge on any atom is 0.158 e. The van der Waals surface area contributed by atoms with Gasteiger partial charge in [-0.05, 0) is 27.7 Å². The van der Waals surface area contributed by atoms with Gasteiger partial charge in [0, 0.05) is 12.2 Å². The van der Waals surface area contributed by atoms with Crippen LogP contribution in [-0.2, 0) is 0 Å². The molecule has 0 aliphatic carbocycles. The normalized spacial score (nSPS) is 10.3. The van der Waals surface area contributed by atoms with E-state index in [1.54, 1.807) is 0 Å². The number of hydrogen-bond acceptors (Lipinski definition) is 2. The van der Waals surface area contributed by atoms with Crippen LogP contribution in [0.1, 0.15) is 45.3 Å². The van der Waals surface area contributed by atoms with E-state index in [0.29, 0.717) is 6.04 Å². The summed E-state index contributed by atoms with van der Waals surface area (Å²) < 4.78 is 2.16. The number of nitrogens with zero attached hydrogens (tertiary/aromatic N) is 3. The highest BCUT2D eigenvalue weighted by molar-refractivity contribution is 5.49. The number of aryl methyl sites for hydroxylation is 2. The number of aromatic amines is 1. The van der Waals surface area contributed by atoms with E-state index in [2.05, 4.69) is 39.6 Å². The topological polar surface area (TPSA) is 46.5 Å².